The first-order valence-corrected chi connectivity index (χ1v) is 5.91. The Bertz CT molecular complexity index is 476. The number of fused-ring (bicyclic) bond motifs is 1. The number of carboxylic acid groups (broad SMARTS) is 1. The molecular weight excluding hydrogens is 216 g/mol. The number of carboxylic acids is 1. The van der Waals surface area contributed by atoms with Gasteiger partial charge in [0.1, 0.15) is 0 Å². The number of carbonyl (C=O) groups excluding carboxylic acids is 1. The summed E-state index contributed by atoms with van der Waals surface area (Å²) in [6.07, 6.45) is 1.07. The summed E-state index contributed by atoms with van der Waals surface area (Å²) < 4.78 is 0. The van der Waals surface area contributed by atoms with Crippen molar-refractivity contribution in [1.29, 1.82) is 0 Å². The fraction of sp³-hybridized carbons (Fsp3) is 0.429. The van der Waals surface area contributed by atoms with Gasteiger partial charge >= 0.3 is 5.97 Å². The lowest BCUT2D eigenvalue weighted by Crippen LogP contribution is -2.27. The van der Waals surface area contributed by atoms with Crippen LogP contribution in [0.1, 0.15) is 34.8 Å². The Labute approximate surface area is 100 Å². The first-order valence-electron chi connectivity index (χ1n) is 5.91. The molecule has 1 aliphatic rings. The molecule has 2 atom stereocenters. The van der Waals surface area contributed by atoms with Crippen molar-refractivity contribution >= 4 is 11.8 Å². The Hall–Kier alpha value is -1.64. The molecule has 0 bridgehead atoms. The molecule has 1 aromatic carbocycles. The van der Waals surface area contributed by atoms with E-state index in [1.54, 1.807) is 0 Å². The van der Waals surface area contributed by atoms with Crippen molar-refractivity contribution in [2.45, 2.75) is 26.7 Å². The Kier molecular flexibility index (Phi) is 3.01. The smallest absolute Gasteiger partial charge is 0.307 e. The van der Waals surface area contributed by atoms with Crippen LogP contribution >= 0.6 is 0 Å². The van der Waals surface area contributed by atoms with Crippen LogP contribution in [0.5, 0.6) is 0 Å². The molecule has 17 heavy (non-hydrogen) atoms. The number of carbonyl (C=O) groups is 2. The summed E-state index contributed by atoms with van der Waals surface area (Å²) in [5, 5.41) is 9.13. The third-order valence-electron chi connectivity index (χ3n) is 3.55. The Balaban J connectivity index is 2.34. The maximum absolute atomic E-state index is 12.2. The summed E-state index contributed by atoms with van der Waals surface area (Å²) in [6.45, 7) is 3.76. The third kappa shape index (κ3) is 1.97. The third-order valence-corrected chi connectivity index (χ3v) is 3.55. The maximum atomic E-state index is 12.2. The van der Waals surface area contributed by atoms with Crippen LogP contribution in [0.4, 0.5) is 0 Å². The van der Waals surface area contributed by atoms with Crippen LogP contribution in [-0.4, -0.2) is 16.9 Å². The van der Waals surface area contributed by atoms with Crippen molar-refractivity contribution in [2.24, 2.45) is 11.8 Å². The highest BCUT2D eigenvalue weighted by Crippen LogP contribution is 2.33. The van der Waals surface area contributed by atoms with E-state index in [4.69, 9.17) is 5.11 Å². The molecule has 1 aliphatic carbocycles. The number of ketones is 1. The van der Waals surface area contributed by atoms with Gasteiger partial charge in [-0.2, -0.15) is 0 Å². The van der Waals surface area contributed by atoms with Crippen LogP contribution in [0.25, 0.3) is 0 Å². The molecule has 0 fully saturated rings. The molecule has 1 N–H and O–H groups in total. The number of Topliss-reactive ketones (excluding diaryl/α,β-unsaturated/α-hetero) is 1. The summed E-state index contributed by atoms with van der Waals surface area (Å²) >= 11 is 0. The van der Waals surface area contributed by atoms with Crippen LogP contribution < -0.4 is 0 Å². The minimum absolute atomic E-state index is 0.00190. The zero-order chi connectivity index (χ0) is 12.6. The average Bonchev–Trinajstić information content (AvgIpc) is 2.58. The van der Waals surface area contributed by atoms with Crippen molar-refractivity contribution < 1.29 is 14.7 Å². The molecule has 0 aromatic heterocycles. The monoisotopic (exact) mass is 232 g/mol. The van der Waals surface area contributed by atoms with E-state index in [1.165, 1.54) is 0 Å². The summed E-state index contributed by atoms with van der Waals surface area (Å²) in [6, 6.07) is 5.78. The molecule has 2 unspecified atom stereocenters. The topological polar surface area (TPSA) is 54.4 Å². The van der Waals surface area contributed by atoms with Crippen LogP contribution in [0, 0.1) is 18.8 Å². The molecule has 0 saturated heterocycles. The van der Waals surface area contributed by atoms with E-state index in [0.717, 1.165) is 16.7 Å². The van der Waals surface area contributed by atoms with E-state index >= 15 is 0 Å². The predicted octanol–water partition coefficient (Wildman–Crippen LogP) is 2.46. The van der Waals surface area contributed by atoms with Crippen molar-refractivity contribution in [3.63, 3.8) is 0 Å². The zero-order valence-electron chi connectivity index (χ0n) is 10.1. The summed E-state index contributed by atoms with van der Waals surface area (Å²) in [7, 11) is 0. The van der Waals surface area contributed by atoms with Crippen LogP contribution in [0.3, 0.4) is 0 Å². The highest BCUT2D eigenvalue weighted by molar-refractivity contribution is 6.04. The number of hydrogen-bond donors (Lipinski definition) is 1. The van der Waals surface area contributed by atoms with Gasteiger partial charge in [-0.15, -0.1) is 0 Å². The fourth-order valence-electron chi connectivity index (χ4n) is 2.58. The van der Waals surface area contributed by atoms with E-state index in [-0.39, 0.29) is 11.7 Å². The second kappa shape index (κ2) is 4.32. The molecule has 0 aliphatic heterocycles. The number of aryl methyl sites for hydroxylation is 1. The lowest BCUT2D eigenvalue weighted by atomic mass is 9.87. The van der Waals surface area contributed by atoms with Gasteiger partial charge in [-0.1, -0.05) is 24.6 Å². The summed E-state index contributed by atoms with van der Waals surface area (Å²) in [5.41, 5.74) is 2.75. The summed E-state index contributed by atoms with van der Waals surface area (Å²) in [5.74, 6) is -1.81. The average molecular weight is 232 g/mol. The standard InChI is InChI=1S/C14H16O3/c1-3-10(14(16)17)12-7-9-5-4-8(2)6-11(9)13(12)15/h4-6,10,12H,3,7H2,1-2H3,(H,16,17). The second-order valence-corrected chi connectivity index (χ2v) is 4.69. The minimum atomic E-state index is -0.865. The van der Waals surface area contributed by atoms with Gasteiger partial charge in [0.15, 0.2) is 5.78 Å². The van der Waals surface area contributed by atoms with E-state index < -0.39 is 11.9 Å². The van der Waals surface area contributed by atoms with Crippen LogP contribution in [0.15, 0.2) is 18.2 Å². The second-order valence-electron chi connectivity index (χ2n) is 4.69. The largest absolute Gasteiger partial charge is 0.481 e. The normalized spacial score (nSPS) is 20.1. The SMILES string of the molecule is CCC(C(=O)O)C1Cc2ccc(C)cc2C1=O. The quantitative estimate of drug-likeness (QED) is 0.871. The van der Waals surface area contributed by atoms with E-state index in [1.807, 2.05) is 32.0 Å². The predicted molar refractivity (Wildman–Crippen MR) is 64.1 cm³/mol. The highest BCUT2D eigenvalue weighted by atomic mass is 16.4. The van der Waals surface area contributed by atoms with Gasteiger partial charge in [0.25, 0.3) is 0 Å². The first-order chi connectivity index (χ1) is 8.04. The molecule has 3 heteroatoms. The molecular formula is C14H16O3. The lowest BCUT2D eigenvalue weighted by molar-refractivity contribution is -0.143. The van der Waals surface area contributed by atoms with Crippen molar-refractivity contribution in [2.75, 3.05) is 0 Å². The number of hydrogen-bond acceptors (Lipinski definition) is 2. The van der Waals surface area contributed by atoms with E-state index in [9.17, 15) is 9.59 Å². The number of rotatable bonds is 3. The Morgan fingerprint density at radius 1 is 1.53 bits per heavy atom. The summed E-state index contributed by atoms with van der Waals surface area (Å²) in [4.78, 5) is 23.3. The van der Waals surface area contributed by atoms with Crippen molar-refractivity contribution in [3.05, 3.63) is 34.9 Å². The zero-order valence-corrected chi connectivity index (χ0v) is 10.1. The molecule has 0 radical (unpaired) electrons. The van der Waals surface area contributed by atoms with E-state index in [2.05, 4.69) is 0 Å². The number of aliphatic carboxylic acids is 1. The molecule has 0 saturated carbocycles. The van der Waals surface area contributed by atoms with Crippen LogP contribution in [-0.2, 0) is 11.2 Å². The van der Waals surface area contributed by atoms with E-state index in [0.29, 0.717) is 12.8 Å². The van der Waals surface area contributed by atoms with Crippen molar-refractivity contribution in [1.82, 2.24) is 0 Å². The van der Waals surface area contributed by atoms with Crippen molar-refractivity contribution in [3.8, 4) is 0 Å². The molecule has 0 spiro atoms. The Morgan fingerprint density at radius 2 is 2.24 bits per heavy atom. The van der Waals surface area contributed by atoms with Gasteiger partial charge in [-0.3, -0.25) is 9.59 Å². The van der Waals surface area contributed by atoms with Gasteiger partial charge < -0.3 is 5.11 Å². The molecule has 1 aromatic rings. The van der Waals surface area contributed by atoms with Gasteiger partial charge in [-0.05, 0) is 31.4 Å². The van der Waals surface area contributed by atoms with Gasteiger partial charge in [0.05, 0.1) is 5.92 Å². The minimum Gasteiger partial charge on any atom is -0.481 e. The highest BCUT2D eigenvalue weighted by Gasteiger charge is 2.38. The van der Waals surface area contributed by atoms with Gasteiger partial charge in [0.2, 0.25) is 0 Å². The fourth-order valence-corrected chi connectivity index (χ4v) is 2.58. The number of benzene rings is 1. The molecule has 2 rings (SSSR count). The Morgan fingerprint density at radius 3 is 2.82 bits per heavy atom. The first kappa shape index (κ1) is 11.8. The van der Waals surface area contributed by atoms with Gasteiger partial charge in [-0.25, -0.2) is 0 Å². The lowest BCUT2D eigenvalue weighted by Gasteiger charge is -2.15. The molecule has 0 heterocycles. The molecule has 3 nitrogen and oxygen atoms in total. The maximum Gasteiger partial charge on any atom is 0.307 e. The van der Waals surface area contributed by atoms with Gasteiger partial charge in [0, 0.05) is 11.5 Å². The molecule has 90 valence electrons. The molecule has 0 amide bonds. The van der Waals surface area contributed by atoms with Crippen LogP contribution in [0.2, 0.25) is 0 Å².